The van der Waals surface area contributed by atoms with Crippen LogP contribution in [0.1, 0.15) is 60.9 Å². The van der Waals surface area contributed by atoms with E-state index >= 15 is 0 Å². The van der Waals surface area contributed by atoms with Crippen LogP contribution in [0.3, 0.4) is 0 Å². The molecule has 0 unspecified atom stereocenters. The second-order valence-corrected chi connectivity index (χ2v) is 10.2. The van der Waals surface area contributed by atoms with E-state index in [4.69, 9.17) is 4.74 Å². The maximum atomic E-state index is 13.4. The van der Waals surface area contributed by atoms with Gasteiger partial charge in [-0.05, 0) is 51.5 Å². The van der Waals surface area contributed by atoms with Crippen molar-refractivity contribution in [3.8, 4) is 0 Å². The third-order valence-electron chi connectivity index (χ3n) is 6.32. The van der Waals surface area contributed by atoms with Gasteiger partial charge < -0.3 is 24.4 Å². The fraction of sp³-hybridized carbons (Fsp3) is 0.560. The fourth-order valence-electron chi connectivity index (χ4n) is 4.40. The van der Waals surface area contributed by atoms with Crippen LogP contribution in [0, 0.1) is 0 Å². The summed E-state index contributed by atoms with van der Waals surface area (Å²) in [6.07, 6.45) is -0.405. The van der Waals surface area contributed by atoms with E-state index in [0.29, 0.717) is 54.8 Å². The zero-order valence-corrected chi connectivity index (χ0v) is 20.4. The maximum absolute atomic E-state index is 13.4. The second kappa shape index (κ2) is 9.47. The number of amides is 3. The van der Waals surface area contributed by atoms with Crippen LogP contribution < -0.4 is 0 Å². The molecular weight excluding hydrogens is 458 g/mol. The van der Waals surface area contributed by atoms with Gasteiger partial charge in [-0.3, -0.25) is 9.59 Å². The summed E-state index contributed by atoms with van der Waals surface area (Å²) in [5, 5.41) is 0.701. The molecule has 3 amide bonds. The Morgan fingerprint density at radius 2 is 1.51 bits per heavy atom. The fourth-order valence-corrected chi connectivity index (χ4v) is 4.40. The highest BCUT2D eigenvalue weighted by molar-refractivity contribution is 6.01. The molecule has 10 heteroatoms. The Labute approximate surface area is 203 Å². The number of fused-ring (bicyclic) bond motifs is 1. The minimum Gasteiger partial charge on any atom is -0.444 e. The number of aromatic amines is 1. The average Bonchev–Trinajstić information content (AvgIpc) is 3.05. The van der Waals surface area contributed by atoms with Crippen LogP contribution in [-0.2, 0) is 4.74 Å². The lowest BCUT2D eigenvalue weighted by molar-refractivity contribution is -0.0495. The maximum Gasteiger partial charge on any atom is 0.410 e. The normalized spacial score (nSPS) is 18.9. The molecule has 4 rings (SSSR count). The molecule has 0 radical (unpaired) electrons. The largest absolute Gasteiger partial charge is 0.444 e. The number of halogens is 2. The first-order valence-electron chi connectivity index (χ1n) is 12.0. The van der Waals surface area contributed by atoms with Crippen molar-refractivity contribution in [2.24, 2.45) is 0 Å². The first kappa shape index (κ1) is 24.9. The molecule has 0 atom stereocenters. The summed E-state index contributed by atoms with van der Waals surface area (Å²) in [6.45, 7) is 7.31. The Balaban J connectivity index is 1.42. The number of rotatable bonds is 2. The molecule has 0 aliphatic carbocycles. The Morgan fingerprint density at radius 3 is 2.20 bits per heavy atom. The molecule has 2 saturated heterocycles. The molecule has 1 aromatic heterocycles. The highest BCUT2D eigenvalue weighted by atomic mass is 19.3. The van der Waals surface area contributed by atoms with Crippen molar-refractivity contribution in [3.05, 3.63) is 35.5 Å². The van der Waals surface area contributed by atoms with Crippen molar-refractivity contribution in [2.45, 2.75) is 51.6 Å². The monoisotopic (exact) mass is 490 g/mol. The van der Waals surface area contributed by atoms with E-state index in [1.165, 1.54) is 4.90 Å². The van der Waals surface area contributed by atoms with Crippen LogP contribution in [0.2, 0.25) is 0 Å². The van der Waals surface area contributed by atoms with E-state index < -0.39 is 11.5 Å². The number of nitrogens with one attached hydrogen (secondary N) is 1. The summed E-state index contributed by atoms with van der Waals surface area (Å²) in [6, 6.07) is 6.83. The van der Waals surface area contributed by atoms with E-state index in [2.05, 4.69) is 4.98 Å². The van der Waals surface area contributed by atoms with Crippen LogP contribution in [0.5, 0.6) is 0 Å². The molecule has 0 bridgehead atoms. The quantitative estimate of drug-likeness (QED) is 0.686. The number of hydrogen-bond donors (Lipinski definition) is 1. The topological polar surface area (TPSA) is 86.0 Å². The predicted octanol–water partition coefficient (Wildman–Crippen LogP) is 4.12. The molecule has 190 valence electrons. The van der Waals surface area contributed by atoms with Gasteiger partial charge in [0, 0.05) is 68.6 Å². The lowest BCUT2D eigenvalue weighted by atomic mass is 10.1. The van der Waals surface area contributed by atoms with E-state index in [0.717, 1.165) is 0 Å². The number of nitrogens with zero attached hydrogens (tertiary/aromatic N) is 3. The van der Waals surface area contributed by atoms with Crippen molar-refractivity contribution in [1.82, 2.24) is 19.7 Å². The summed E-state index contributed by atoms with van der Waals surface area (Å²) in [4.78, 5) is 46.2. The van der Waals surface area contributed by atoms with E-state index in [1.807, 2.05) is 20.8 Å². The highest BCUT2D eigenvalue weighted by Gasteiger charge is 2.36. The van der Waals surface area contributed by atoms with Crippen LogP contribution in [0.15, 0.2) is 24.3 Å². The molecule has 3 heterocycles. The van der Waals surface area contributed by atoms with Crippen molar-refractivity contribution in [1.29, 1.82) is 0 Å². The minimum atomic E-state index is -2.72. The zero-order valence-electron chi connectivity index (χ0n) is 20.4. The number of piperidine rings is 1. The lowest BCUT2D eigenvalue weighted by Gasteiger charge is -2.31. The summed E-state index contributed by atoms with van der Waals surface area (Å²) >= 11 is 0. The Kier molecular flexibility index (Phi) is 6.75. The van der Waals surface area contributed by atoms with E-state index in [9.17, 15) is 23.2 Å². The number of H-pyrrole nitrogens is 1. The Hall–Kier alpha value is -3.17. The van der Waals surface area contributed by atoms with Crippen molar-refractivity contribution in [3.63, 3.8) is 0 Å². The SMILES string of the molecule is CC(C)(C)OC(=O)N1CCCN(C(=O)c2ccc3[nH]c(C(=O)N4CCC(F)(F)CC4)cc3c2)CC1. The van der Waals surface area contributed by atoms with Gasteiger partial charge >= 0.3 is 6.09 Å². The number of carbonyl (C=O) groups is 3. The van der Waals surface area contributed by atoms with Gasteiger partial charge in [-0.2, -0.15) is 0 Å². The van der Waals surface area contributed by atoms with Crippen LogP contribution in [0.4, 0.5) is 13.6 Å². The highest BCUT2D eigenvalue weighted by Crippen LogP contribution is 2.29. The summed E-state index contributed by atoms with van der Waals surface area (Å²) in [7, 11) is 0. The van der Waals surface area contributed by atoms with Gasteiger partial charge in [-0.15, -0.1) is 0 Å². The van der Waals surface area contributed by atoms with Crippen LogP contribution >= 0.6 is 0 Å². The van der Waals surface area contributed by atoms with Gasteiger partial charge in [0.25, 0.3) is 17.7 Å². The number of carbonyl (C=O) groups excluding carboxylic acids is 3. The van der Waals surface area contributed by atoms with Gasteiger partial charge in [0.15, 0.2) is 0 Å². The smallest absolute Gasteiger partial charge is 0.410 e. The molecule has 35 heavy (non-hydrogen) atoms. The molecule has 2 fully saturated rings. The lowest BCUT2D eigenvalue weighted by Crippen LogP contribution is -2.42. The zero-order chi connectivity index (χ0) is 25.4. The molecule has 1 N–H and O–H groups in total. The first-order chi connectivity index (χ1) is 16.4. The van der Waals surface area contributed by atoms with Crippen LogP contribution in [-0.4, -0.2) is 88.4 Å². The standard InChI is InChI=1S/C25H32F2N4O4/c1-24(2,3)35-23(34)31-10-4-9-29(13-14-31)21(32)17-5-6-19-18(15-17)16-20(28-19)22(33)30-11-7-25(26,27)8-12-30/h5-6,15-16,28H,4,7-14H2,1-3H3. The number of aromatic nitrogens is 1. The van der Waals surface area contributed by atoms with Gasteiger partial charge in [0.1, 0.15) is 11.3 Å². The van der Waals surface area contributed by atoms with Crippen molar-refractivity contribution in [2.75, 3.05) is 39.3 Å². The number of likely N-dealkylation sites (tertiary alicyclic amines) is 1. The predicted molar refractivity (Wildman–Crippen MR) is 127 cm³/mol. The molecule has 2 aliphatic rings. The van der Waals surface area contributed by atoms with Gasteiger partial charge in [0.05, 0.1) is 0 Å². The van der Waals surface area contributed by atoms with Crippen molar-refractivity contribution < 1.29 is 27.9 Å². The average molecular weight is 491 g/mol. The number of benzene rings is 1. The Bertz CT molecular complexity index is 1110. The number of alkyl halides is 2. The van der Waals surface area contributed by atoms with Gasteiger partial charge in [-0.25, -0.2) is 13.6 Å². The van der Waals surface area contributed by atoms with Crippen LogP contribution in [0.25, 0.3) is 10.9 Å². The van der Waals surface area contributed by atoms with E-state index in [1.54, 1.807) is 34.1 Å². The van der Waals surface area contributed by atoms with Crippen molar-refractivity contribution >= 4 is 28.8 Å². The second-order valence-electron chi connectivity index (χ2n) is 10.2. The summed E-state index contributed by atoms with van der Waals surface area (Å²) in [5.74, 6) is -3.19. The summed E-state index contributed by atoms with van der Waals surface area (Å²) < 4.78 is 32.3. The van der Waals surface area contributed by atoms with E-state index in [-0.39, 0.29) is 43.8 Å². The molecule has 0 saturated carbocycles. The minimum absolute atomic E-state index is 0.0141. The third kappa shape index (κ3) is 5.91. The third-order valence-corrected chi connectivity index (χ3v) is 6.32. The first-order valence-corrected chi connectivity index (χ1v) is 12.0. The molecule has 2 aromatic rings. The van der Waals surface area contributed by atoms with Gasteiger partial charge in [0.2, 0.25) is 0 Å². The molecular formula is C25H32F2N4O4. The molecule has 1 aromatic carbocycles. The number of hydrogen-bond acceptors (Lipinski definition) is 4. The number of ether oxygens (including phenoxy) is 1. The summed E-state index contributed by atoms with van der Waals surface area (Å²) in [5.41, 5.74) is 0.917. The molecule has 2 aliphatic heterocycles. The molecule has 0 spiro atoms. The Morgan fingerprint density at radius 1 is 0.886 bits per heavy atom. The molecule has 8 nitrogen and oxygen atoms in total. The van der Waals surface area contributed by atoms with Gasteiger partial charge in [-0.1, -0.05) is 0 Å².